The van der Waals surface area contributed by atoms with Gasteiger partial charge in [-0.15, -0.1) is 0 Å². The molecule has 0 heterocycles. The Morgan fingerprint density at radius 2 is 1.74 bits per heavy atom. The number of para-hydroxylation sites is 1. The fourth-order valence-corrected chi connectivity index (χ4v) is 2.18. The van der Waals surface area contributed by atoms with Crippen LogP contribution in [-0.4, -0.2) is 33.2 Å². The summed E-state index contributed by atoms with van der Waals surface area (Å²) < 4.78 is 10.5. The highest BCUT2D eigenvalue weighted by Crippen LogP contribution is 2.27. The second-order valence-electron chi connectivity index (χ2n) is 5.01. The van der Waals surface area contributed by atoms with Gasteiger partial charge in [0.2, 0.25) is 5.91 Å². The van der Waals surface area contributed by atoms with E-state index >= 15 is 0 Å². The summed E-state index contributed by atoms with van der Waals surface area (Å²) in [6.45, 7) is 0.834. The summed E-state index contributed by atoms with van der Waals surface area (Å²) in [5, 5.41) is 5.97. The fraction of sp³-hybridized carbons (Fsp3) is 0.278. The van der Waals surface area contributed by atoms with E-state index in [1.54, 1.807) is 14.2 Å². The van der Waals surface area contributed by atoms with Crippen molar-refractivity contribution in [2.75, 3.05) is 32.6 Å². The lowest BCUT2D eigenvalue weighted by atomic mass is 10.1. The van der Waals surface area contributed by atoms with Crippen LogP contribution in [0.4, 0.5) is 5.69 Å². The van der Waals surface area contributed by atoms with E-state index in [1.165, 1.54) is 0 Å². The van der Waals surface area contributed by atoms with Crippen LogP contribution in [0.15, 0.2) is 48.5 Å². The van der Waals surface area contributed by atoms with Crippen molar-refractivity contribution >= 4 is 11.6 Å². The quantitative estimate of drug-likeness (QED) is 0.786. The van der Waals surface area contributed by atoms with Gasteiger partial charge in [-0.3, -0.25) is 4.79 Å². The lowest BCUT2D eigenvalue weighted by Crippen LogP contribution is -2.31. The zero-order valence-corrected chi connectivity index (χ0v) is 13.5. The summed E-state index contributed by atoms with van der Waals surface area (Å²) in [5.41, 5.74) is 2.02. The molecule has 0 bridgehead atoms. The molecule has 0 aromatic heterocycles. The Morgan fingerprint density at radius 3 is 2.43 bits per heavy atom. The topological polar surface area (TPSA) is 59.6 Å². The molecule has 0 aliphatic rings. The molecule has 0 saturated carbocycles. The number of hydrogen-bond donors (Lipinski definition) is 2. The first-order valence-corrected chi connectivity index (χ1v) is 7.49. The average Bonchev–Trinajstić information content (AvgIpc) is 2.60. The third-order valence-corrected chi connectivity index (χ3v) is 3.41. The van der Waals surface area contributed by atoms with E-state index in [-0.39, 0.29) is 12.5 Å². The van der Waals surface area contributed by atoms with E-state index in [4.69, 9.17) is 9.47 Å². The molecule has 0 atom stereocenters. The second kappa shape index (κ2) is 8.68. The standard InChI is InChI=1S/C18H22N2O3/c1-22-16-9-8-14(12-17(16)23-2)10-11-19-18(21)13-20-15-6-4-3-5-7-15/h3-9,12,20H,10-11,13H2,1-2H3,(H,19,21). The number of carbonyl (C=O) groups is 1. The summed E-state index contributed by atoms with van der Waals surface area (Å²) in [6, 6.07) is 15.4. The summed E-state index contributed by atoms with van der Waals surface area (Å²) in [6.07, 6.45) is 0.734. The van der Waals surface area contributed by atoms with Crippen LogP contribution in [0.3, 0.4) is 0 Å². The Morgan fingerprint density at radius 1 is 1.00 bits per heavy atom. The van der Waals surface area contributed by atoms with Crippen LogP contribution in [0.2, 0.25) is 0 Å². The summed E-state index contributed by atoms with van der Waals surface area (Å²) in [7, 11) is 3.22. The molecule has 2 rings (SSSR count). The maximum Gasteiger partial charge on any atom is 0.239 e. The molecule has 2 aromatic carbocycles. The Balaban J connectivity index is 1.75. The van der Waals surface area contributed by atoms with Crippen molar-refractivity contribution in [2.24, 2.45) is 0 Å². The third-order valence-electron chi connectivity index (χ3n) is 3.41. The van der Waals surface area contributed by atoms with Crippen LogP contribution in [0, 0.1) is 0 Å². The normalized spacial score (nSPS) is 10.0. The first kappa shape index (κ1) is 16.7. The molecule has 0 aliphatic heterocycles. The second-order valence-corrected chi connectivity index (χ2v) is 5.01. The van der Waals surface area contributed by atoms with E-state index in [0.717, 1.165) is 17.7 Å². The van der Waals surface area contributed by atoms with Crippen molar-refractivity contribution in [3.05, 3.63) is 54.1 Å². The Labute approximate surface area is 136 Å². The van der Waals surface area contributed by atoms with Gasteiger partial charge in [0.15, 0.2) is 11.5 Å². The van der Waals surface area contributed by atoms with Crippen molar-refractivity contribution in [1.82, 2.24) is 5.32 Å². The molecule has 2 N–H and O–H groups in total. The van der Waals surface area contributed by atoms with Gasteiger partial charge in [0.25, 0.3) is 0 Å². The SMILES string of the molecule is COc1ccc(CCNC(=O)CNc2ccccc2)cc1OC. The Hall–Kier alpha value is -2.69. The predicted octanol–water partition coefficient (Wildman–Crippen LogP) is 2.47. The number of hydrogen-bond acceptors (Lipinski definition) is 4. The molecule has 1 amide bonds. The first-order chi connectivity index (χ1) is 11.2. The number of amides is 1. The number of anilines is 1. The lowest BCUT2D eigenvalue weighted by molar-refractivity contribution is -0.119. The van der Waals surface area contributed by atoms with Crippen LogP contribution in [0.5, 0.6) is 11.5 Å². The molecule has 23 heavy (non-hydrogen) atoms. The molecule has 0 saturated heterocycles. The molecule has 0 aliphatic carbocycles. The molecule has 0 unspecified atom stereocenters. The van der Waals surface area contributed by atoms with Crippen molar-refractivity contribution in [3.8, 4) is 11.5 Å². The van der Waals surface area contributed by atoms with E-state index in [2.05, 4.69) is 10.6 Å². The molecule has 2 aromatic rings. The van der Waals surface area contributed by atoms with Gasteiger partial charge < -0.3 is 20.1 Å². The summed E-state index contributed by atoms with van der Waals surface area (Å²) >= 11 is 0. The summed E-state index contributed by atoms with van der Waals surface area (Å²) in [4.78, 5) is 11.8. The molecule has 5 heteroatoms. The Kier molecular flexibility index (Phi) is 6.29. The van der Waals surface area contributed by atoms with E-state index in [0.29, 0.717) is 18.0 Å². The van der Waals surface area contributed by atoms with Gasteiger partial charge in [-0.05, 0) is 36.2 Å². The van der Waals surface area contributed by atoms with Gasteiger partial charge in [0.05, 0.1) is 20.8 Å². The number of nitrogens with one attached hydrogen (secondary N) is 2. The minimum absolute atomic E-state index is 0.0330. The van der Waals surface area contributed by atoms with E-state index in [9.17, 15) is 4.79 Å². The highest BCUT2D eigenvalue weighted by Gasteiger charge is 2.05. The average molecular weight is 314 g/mol. The lowest BCUT2D eigenvalue weighted by Gasteiger charge is -2.10. The van der Waals surface area contributed by atoms with Gasteiger partial charge in [0, 0.05) is 12.2 Å². The van der Waals surface area contributed by atoms with Gasteiger partial charge in [-0.1, -0.05) is 24.3 Å². The highest BCUT2D eigenvalue weighted by atomic mass is 16.5. The molecule has 122 valence electrons. The molecule has 5 nitrogen and oxygen atoms in total. The van der Waals surface area contributed by atoms with Crippen molar-refractivity contribution in [1.29, 1.82) is 0 Å². The number of benzene rings is 2. The molecule has 0 spiro atoms. The third kappa shape index (κ3) is 5.21. The molecular weight excluding hydrogens is 292 g/mol. The molecule has 0 fully saturated rings. The molecular formula is C18H22N2O3. The van der Waals surface area contributed by atoms with Crippen molar-refractivity contribution in [2.45, 2.75) is 6.42 Å². The van der Waals surface area contributed by atoms with Crippen LogP contribution < -0.4 is 20.1 Å². The smallest absolute Gasteiger partial charge is 0.239 e. The van der Waals surface area contributed by atoms with E-state index < -0.39 is 0 Å². The van der Waals surface area contributed by atoms with Crippen LogP contribution >= 0.6 is 0 Å². The van der Waals surface area contributed by atoms with E-state index in [1.807, 2.05) is 48.5 Å². The predicted molar refractivity (Wildman–Crippen MR) is 91.2 cm³/mol. The van der Waals surface area contributed by atoms with Crippen molar-refractivity contribution in [3.63, 3.8) is 0 Å². The number of methoxy groups -OCH3 is 2. The number of carbonyl (C=O) groups excluding carboxylic acids is 1. The van der Waals surface area contributed by atoms with Crippen LogP contribution in [0.25, 0.3) is 0 Å². The van der Waals surface area contributed by atoms with Gasteiger partial charge in [0.1, 0.15) is 0 Å². The van der Waals surface area contributed by atoms with Crippen LogP contribution in [-0.2, 0) is 11.2 Å². The zero-order valence-electron chi connectivity index (χ0n) is 13.5. The highest BCUT2D eigenvalue weighted by molar-refractivity contribution is 5.80. The zero-order chi connectivity index (χ0) is 16.5. The van der Waals surface area contributed by atoms with Gasteiger partial charge in [-0.25, -0.2) is 0 Å². The fourth-order valence-electron chi connectivity index (χ4n) is 2.18. The maximum absolute atomic E-state index is 11.8. The summed E-state index contributed by atoms with van der Waals surface area (Å²) in [5.74, 6) is 1.36. The first-order valence-electron chi connectivity index (χ1n) is 7.49. The maximum atomic E-state index is 11.8. The number of rotatable bonds is 8. The Bertz CT molecular complexity index is 629. The minimum atomic E-state index is -0.0330. The largest absolute Gasteiger partial charge is 0.493 e. The van der Waals surface area contributed by atoms with Gasteiger partial charge in [-0.2, -0.15) is 0 Å². The van der Waals surface area contributed by atoms with Gasteiger partial charge >= 0.3 is 0 Å². The number of ether oxygens (including phenoxy) is 2. The molecule has 0 radical (unpaired) electrons. The van der Waals surface area contributed by atoms with Crippen molar-refractivity contribution < 1.29 is 14.3 Å². The minimum Gasteiger partial charge on any atom is -0.493 e. The van der Waals surface area contributed by atoms with Crippen LogP contribution in [0.1, 0.15) is 5.56 Å². The monoisotopic (exact) mass is 314 g/mol.